The highest BCUT2D eigenvalue weighted by molar-refractivity contribution is 9.10. The molecule has 0 aromatic heterocycles. The third-order valence-electron chi connectivity index (χ3n) is 3.59. The number of benzene rings is 1. The second kappa shape index (κ2) is 6.27. The number of nitrogens with one attached hydrogen (secondary N) is 1. The molecule has 1 fully saturated rings. The lowest BCUT2D eigenvalue weighted by atomic mass is 9.76. The van der Waals surface area contributed by atoms with Crippen LogP contribution < -0.4 is 5.32 Å². The van der Waals surface area contributed by atoms with Gasteiger partial charge in [-0.3, -0.25) is 14.9 Å². The molecular weight excluding hydrogens is 342 g/mol. The molecule has 0 spiro atoms. The molecule has 2 unspecified atom stereocenters. The molecule has 20 heavy (non-hydrogen) atoms. The van der Waals surface area contributed by atoms with Gasteiger partial charge in [-0.05, 0) is 46.0 Å². The molecule has 1 N–H and O–H groups in total. The van der Waals surface area contributed by atoms with Crippen LogP contribution in [-0.2, 0) is 9.59 Å². The Morgan fingerprint density at radius 1 is 1.40 bits per heavy atom. The fourth-order valence-corrected chi connectivity index (χ4v) is 3.11. The first-order valence-electron chi connectivity index (χ1n) is 6.67. The van der Waals surface area contributed by atoms with E-state index in [1.807, 2.05) is 18.2 Å². The molecule has 1 saturated heterocycles. The Morgan fingerprint density at radius 3 is 2.70 bits per heavy atom. The minimum atomic E-state index is -0.209. The topological polar surface area (TPSA) is 46.2 Å². The molecule has 1 aromatic carbocycles. The van der Waals surface area contributed by atoms with E-state index in [2.05, 4.69) is 35.1 Å². The van der Waals surface area contributed by atoms with Gasteiger partial charge in [0.1, 0.15) is 0 Å². The Morgan fingerprint density at radius 2 is 2.10 bits per heavy atom. The minimum Gasteiger partial charge on any atom is -0.296 e. The van der Waals surface area contributed by atoms with E-state index in [1.165, 1.54) is 0 Å². The summed E-state index contributed by atoms with van der Waals surface area (Å²) in [6.07, 6.45) is 1.10. The average molecular weight is 359 g/mol. The van der Waals surface area contributed by atoms with Gasteiger partial charge in [0, 0.05) is 22.7 Å². The minimum absolute atomic E-state index is 0.0933. The summed E-state index contributed by atoms with van der Waals surface area (Å²) in [7, 11) is 0. The number of halogens is 2. The van der Waals surface area contributed by atoms with Crippen LogP contribution in [0.25, 0.3) is 0 Å². The third-order valence-corrected chi connectivity index (χ3v) is 4.82. The number of imide groups is 1. The molecule has 2 amide bonds. The van der Waals surface area contributed by atoms with Gasteiger partial charge >= 0.3 is 0 Å². The molecular formula is C15H17BrClNO2. The van der Waals surface area contributed by atoms with Crippen molar-refractivity contribution < 1.29 is 9.59 Å². The zero-order chi connectivity index (χ0) is 14.9. The third kappa shape index (κ3) is 3.41. The van der Waals surface area contributed by atoms with Crippen molar-refractivity contribution >= 4 is 39.3 Å². The highest BCUT2D eigenvalue weighted by atomic mass is 79.9. The molecule has 1 aliphatic heterocycles. The Labute approximate surface area is 132 Å². The van der Waals surface area contributed by atoms with Crippen molar-refractivity contribution in [1.82, 2.24) is 5.32 Å². The number of amides is 2. The van der Waals surface area contributed by atoms with E-state index < -0.39 is 0 Å². The van der Waals surface area contributed by atoms with E-state index in [0.717, 1.165) is 16.5 Å². The molecule has 0 aliphatic carbocycles. The number of piperidine rings is 1. The quantitative estimate of drug-likeness (QED) is 0.833. The summed E-state index contributed by atoms with van der Waals surface area (Å²) >= 11 is 9.48. The number of rotatable bonds is 3. The number of hydrogen-bond acceptors (Lipinski definition) is 2. The monoisotopic (exact) mass is 357 g/mol. The fourth-order valence-electron chi connectivity index (χ4n) is 2.68. The lowest BCUT2D eigenvalue weighted by Crippen LogP contribution is -2.45. The second-order valence-corrected chi connectivity index (χ2v) is 6.89. The highest BCUT2D eigenvalue weighted by Crippen LogP contribution is 2.37. The fraction of sp³-hybridized carbons (Fsp3) is 0.467. The van der Waals surface area contributed by atoms with Crippen LogP contribution in [0.1, 0.15) is 38.2 Å². The zero-order valence-electron chi connectivity index (χ0n) is 11.5. The Hall–Kier alpha value is -0.870. The first-order chi connectivity index (χ1) is 9.38. The Kier molecular flexibility index (Phi) is 4.86. The lowest BCUT2D eigenvalue weighted by Gasteiger charge is -2.31. The highest BCUT2D eigenvalue weighted by Gasteiger charge is 2.37. The maximum atomic E-state index is 12.1. The smallest absolute Gasteiger partial charge is 0.230 e. The van der Waals surface area contributed by atoms with Gasteiger partial charge in [-0.15, -0.1) is 0 Å². The summed E-state index contributed by atoms with van der Waals surface area (Å²) in [5.41, 5.74) is 0.951. The van der Waals surface area contributed by atoms with Crippen LogP contribution in [0, 0.1) is 11.8 Å². The molecule has 3 nitrogen and oxygen atoms in total. The van der Waals surface area contributed by atoms with Gasteiger partial charge in [0.15, 0.2) is 0 Å². The van der Waals surface area contributed by atoms with Crippen LogP contribution in [0.5, 0.6) is 0 Å². The lowest BCUT2D eigenvalue weighted by molar-refractivity contribution is -0.137. The summed E-state index contributed by atoms with van der Waals surface area (Å²) in [6, 6.07) is 5.64. The number of carbonyl (C=O) groups excluding carboxylic acids is 2. The van der Waals surface area contributed by atoms with Crippen molar-refractivity contribution in [3.05, 3.63) is 33.3 Å². The largest absolute Gasteiger partial charge is 0.296 e. The summed E-state index contributed by atoms with van der Waals surface area (Å²) in [6.45, 7) is 4.16. The van der Waals surface area contributed by atoms with E-state index in [9.17, 15) is 9.59 Å². The Balaban J connectivity index is 2.34. The van der Waals surface area contributed by atoms with Crippen molar-refractivity contribution in [2.75, 3.05) is 0 Å². The van der Waals surface area contributed by atoms with Crippen LogP contribution in [-0.4, -0.2) is 11.8 Å². The van der Waals surface area contributed by atoms with Crippen LogP contribution in [0.4, 0.5) is 0 Å². The molecule has 108 valence electrons. The van der Waals surface area contributed by atoms with Crippen molar-refractivity contribution in [2.45, 2.75) is 32.6 Å². The molecule has 2 atom stereocenters. The summed E-state index contributed by atoms with van der Waals surface area (Å²) in [4.78, 5) is 23.8. The maximum Gasteiger partial charge on any atom is 0.230 e. The molecule has 1 aromatic rings. The molecule has 0 bridgehead atoms. The van der Waals surface area contributed by atoms with Crippen LogP contribution in [0.2, 0.25) is 5.02 Å². The SMILES string of the molecule is CC(C)CC1C(=O)NC(=O)CC1c1ccc(Br)c(Cl)c1. The van der Waals surface area contributed by atoms with Crippen molar-refractivity contribution in [1.29, 1.82) is 0 Å². The van der Waals surface area contributed by atoms with Crippen molar-refractivity contribution in [3.8, 4) is 0 Å². The van der Waals surface area contributed by atoms with E-state index in [-0.39, 0.29) is 23.7 Å². The maximum absolute atomic E-state index is 12.1. The zero-order valence-corrected chi connectivity index (χ0v) is 13.8. The van der Waals surface area contributed by atoms with Gasteiger partial charge in [0.2, 0.25) is 11.8 Å². The van der Waals surface area contributed by atoms with Gasteiger partial charge in [-0.2, -0.15) is 0 Å². The van der Waals surface area contributed by atoms with Crippen molar-refractivity contribution in [3.63, 3.8) is 0 Å². The van der Waals surface area contributed by atoms with Crippen LogP contribution in [0.15, 0.2) is 22.7 Å². The van der Waals surface area contributed by atoms with Crippen LogP contribution >= 0.6 is 27.5 Å². The predicted octanol–water partition coefficient (Wildman–Crippen LogP) is 3.89. The van der Waals surface area contributed by atoms with Crippen LogP contribution in [0.3, 0.4) is 0 Å². The second-order valence-electron chi connectivity index (χ2n) is 5.63. The predicted molar refractivity (Wildman–Crippen MR) is 82.6 cm³/mol. The molecule has 1 heterocycles. The molecule has 1 aliphatic rings. The molecule has 0 radical (unpaired) electrons. The summed E-state index contributed by atoms with van der Waals surface area (Å²) in [5, 5.41) is 3.04. The van der Waals surface area contributed by atoms with E-state index >= 15 is 0 Å². The standard InChI is InChI=1S/C15H17BrClNO2/c1-8(2)5-11-10(7-14(19)18-15(11)20)9-3-4-12(16)13(17)6-9/h3-4,6,8,10-11H,5,7H2,1-2H3,(H,18,19,20). The average Bonchev–Trinajstić information content (AvgIpc) is 2.35. The number of hydrogen-bond donors (Lipinski definition) is 1. The molecule has 5 heteroatoms. The number of carbonyl (C=O) groups is 2. The van der Waals surface area contributed by atoms with E-state index in [1.54, 1.807) is 0 Å². The normalized spacial score (nSPS) is 23.1. The van der Waals surface area contributed by atoms with Gasteiger partial charge in [0.05, 0.1) is 5.02 Å². The van der Waals surface area contributed by atoms with E-state index in [4.69, 9.17) is 11.6 Å². The van der Waals surface area contributed by atoms with E-state index in [0.29, 0.717) is 17.4 Å². The summed E-state index contributed by atoms with van der Waals surface area (Å²) < 4.78 is 0.815. The summed E-state index contributed by atoms with van der Waals surface area (Å²) in [5.74, 6) is -0.250. The first kappa shape index (κ1) is 15.5. The van der Waals surface area contributed by atoms with Crippen molar-refractivity contribution in [2.24, 2.45) is 11.8 Å². The molecule has 2 rings (SSSR count). The Bertz CT molecular complexity index is 545. The molecule has 0 saturated carbocycles. The first-order valence-corrected chi connectivity index (χ1v) is 7.84. The van der Waals surface area contributed by atoms with Gasteiger partial charge < -0.3 is 0 Å². The van der Waals surface area contributed by atoms with Gasteiger partial charge in [-0.25, -0.2) is 0 Å². The van der Waals surface area contributed by atoms with Gasteiger partial charge in [-0.1, -0.05) is 31.5 Å². The van der Waals surface area contributed by atoms with Gasteiger partial charge in [0.25, 0.3) is 0 Å².